The normalized spacial score (nSPS) is 10.6. The molecule has 0 unspecified atom stereocenters. The van der Waals surface area contributed by atoms with Crippen LogP contribution in [0.1, 0.15) is 49.9 Å². The summed E-state index contributed by atoms with van der Waals surface area (Å²) < 4.78 is 13.3. The maximum atomic E-state index is 13.3. The third-order valence-electron chi connectivity index (χ3n) is 3.11. The van der Waals surface area contributed by atoms with Crippen molar-refractivity contribution in [1.29, 1.82) is 0 Å². The van der Waals surface area contributed by atoms with Crippen molar-refractivity contribution in [1.82, 2.24) is 0 Å². The molecule has 0 aromatic heterocycles. The average Bonchev–Trinajstić information content (AvgIpc) is 2.40. The zero-order chi connectivity index (χ0) is 15.1. The molecule has 0 aliphatic rings. The molecule has 1 aromatic carbocycles. The number of nitrogens with one attached hydrogen (secondary N) is 1. The van der Waals surface area contributed by atoms with Crippen molar-refractivity contribution < 1.29 is 19.1 Å². The molecule has 0 atom stereocenters. The predicted octanol–water partition coefficient (Wildman–Crippen LogP) is 3.68. The third-order valence-corrected chi connectivity index (χ3v) is 3.11. The molecule has 0 bridgehead atoms. The van der Waals surface area contributed by atoms with Gasteiger partial charge in [0.25, 0.3) is 0 Å². The Bertz CT molecular complexity index is 482. The first-order chi connectivity index (χ1) is 9.49. The van der Waals surface area contributed by atoms with Gasteiger partial charge in [0.1, 0.15) is 5.82 Å². The Hall–Kier alpha value is -1.91. The summed E-state index contributed by atoms with van der Waals surface area (Å²) in [6.07, 6.45) is 3.38. The lowest BCUT2D eigenvalue weighted by Crippen LogP contribution is -2.23. The third kappa shape index (κ3) is 4.33. The number of carboxylic acid groups (broad SMARTS) is 1. The summed E-state index contributed by atoms with van der Waals surface area (Å²) in [5.74, 6) is -2.40. The van der Waals surface area contributed by atoms with E-state index in [2.05, 4.69) is 5.32 Å². The van der Waals surface area contributed by atoms with E-state index in [0.717, 1.165) is 37.8 Å². The number of benzene rings is 1. The van der Waals surface area contributed by atoms with Crippen molar-refractivity contribution in [2.45, 2.75) is 39.5 Å². The fourth-order valence-electron chi connectivity index (χ4n) is 2.11. The van der Waals surface area contributed by atoms with Crippen LogP contribution in [0.15, 0.2) is 18.2 Å². The molecule has 1 aromatic rings. The minimum atomic E-state index is -1.35. The van der Waals surface area contributed by atoms with Crippen LogP contribution in [-0.4, -0.2) is 17.0 Å². The summed E-state index contributed by atoms with van der Waals surface area (Å²) in [6.45, 7) is 4.02. The molecule has 1 rings (SSSR count). The minimum absolute atomic E-state index is 0.0941. The number of amides is 1. The highest BCUT2D eigenvalue weighted by Crippen LogP contribution is 2.19. The number of halogens is 1. The van der Waals surface area contributed by atoms with Crippen molar-refractivity contribution >= 4 is 17.6 Å². The Kier molecular flexibility index (Phi) is 6.15. The monoisotopic (exact) mass is 281 g/mol. The van der Waals surface area contributed by atoms with Gasteiger partial charge in [-0.05, 0) is 31.0 Å². The van der Waals surface area contributed by atoms with Gasteiger partial charge in [-0.15, -0.1) is 0 Å². The maximum absolute atomic E-state index is 13.3. The smallest absolute Gasteiger partial charge is 0.338 e. The quantitative estimate of drug-likeness (QED) is 0.801. The maximum Gasteiger partial charge on any atom is 0.338 e. The van der Waals surface area contributed by atoms with Gasteiger partial charge in [0.2, 0.25) is 5.91 Å². The fraction of sp³-hybridized carbons (Fsp3) is 0.467. The fourth-order valence-corrected chi connectivity index (χ4v) is 2.11. The molecule has 0 saturated heterocycles. The van der Waals surface area contributed by atoms with E-state index < -0.39 is 17.3 Å². The lowest BCUT2D eigenvalue weighted by molar-refractivity contribution is -0.120. The van der Waals surface area contributed by atoms with Gasteiger partial charge in [-0.25, -0.2) is 9.18 Å². The van der Waals surface area contributed by atoms with Crippen LogP contribution in [-0.2, 0) is 4.79 Å². The van der Waals surface area contributed by atoms with Gasteiger partial charge in [-0.3, -0.25) is 4.79 Å². The number of anilines is 1. The molecule has 20 heavy (non-hydrogen) atoms. The van der Waals surface area contributed by atoms with Crippen LogP contribution < -0.4 is 5.32 Å². The number of aromatic carboxylic acids is 1. The first-order valence-corrected chi connectivity index (χ1v) is 6.83. The highest BCUT2D eigenvalue weighted by molar-refractivity contribution is 5.95. The number of hydrogen-bond donors (Lipinski definition) is 2. The van der Waals surface area contributed by atoms with Gasteiger partial charge in [0, 0.05) is 11.6 Å². The molecule has 0 spiro atoms. The molecule has 0 heterocycles. The van der Waals surface area contributed by atoms with Crippen LogP contribution in [0.25, 0.3) is 0 Å². The lowest BCUT2D eigenvalue weighted by Gasteiger charge is -2.15. The van der Waals surface area contributed by atoms with E-state index in [4.69, 9.17) is 5.11 Å². The number of carboxylic acids is 1. The second-order valence-electron chi connectivity index (χ2n) is 4.76. The average molecular weight is 281 g/mol. The van der Waals surface area contributed by atoms with Crippen LogP contribution >= 0.6 is 0 Å². The van der Waals surface area contributed by atoms with Crippen molar-refractivity contribution in [3.05, 3.63) is 29.6 Å². The number of hydrogen-bond acceptors (Lipinski definition) is 2. The molecule has 0 saturated carbocycles. The van der Waals surface area contributed by atoms with Crippen LogP contribution in [0.4, 0.5) is 10.1 Å². The highest BCUT2D eigenvalue weighted by Gasteiger charge is 2.18. The van der Waals surface area contributed by atoms with Crippen molar-refractivity contribution in [3.63, 3.8) is 0 Å². The zero-order valence-electron chi connectivity index (χ0n) is 11.8. The molecule has 5 heteroatoms. The standard InChI is InChI=1S/C15H20FNO3/c1-3-5-10(6-4-2)14(18)17-11-7-8-13(16)12(9-11)15(19)20/h7-10H,3-6H2,1-2H3,(H,17,18)(H,19,20). The Labute approximate surface area is 118 Å². The molecule has 1 amide bonds. The van der Waals surface area contributed by atoms with Crippen LogP contribution in [0.3, 0.4) is 0 Å². The Balaban J connectivity index is 2.84. The summed E-state index contributed by atoms with van der Waals surface area (Å²) in [4.78, 5) is 23.0. The Morgan fingerprint density at radius 3 is 2.35 bits per heavy atom. The van der Waals surface area contributed by atoms with Gasteiger partial charge < -0.3 is 10.4 Å². The Morgan fingerprint density at radius 2 is 1.85 bits per heavy atom. The van der Waals surface area contributed by atoms with E-state index in [1.165, 1.54) is 6.07 Å². The van der Waals surface area contributed by atoms with Crippen molar-refractivity contribution in [2.24, 2.45) is 5.92 Å². The van der Waals surface area contributed by atoms with E-state index in [1.54, 1.807) is 0 Å². The van der Waals surface area contributed by atoms with Gasteiger partial charge in [0.15, 0.2) is 0 Å². The summed E-state index contributed by atoms with van der Waals surface area (Å²) in [5.41, 5.74) is -0.128. The van der Waals surface area contributed by atoms with Crippen LogP contribution in [0.2, 0.25) is 0 Å². The molecule has 0 aliphatic carbocycles. The summed E-state index contributed by atoms with van der Waals surface area (Å²) >= 11 is 0. The van der Waals surface area contributed by atoms with E-state index in [9.17, 15) is 14.0 Å². The summed E-state index contributed by atoms with van der Waals surface area (Å²) in [5, 5.41) is 11.5. The highest BCUT2D eigenvalue weighted by atomic mass is 19.1. The lowest BCUT2D eigenvalue weighted by atomic mass is 9.97. The zero-order valence-corrected chi connectivity index (χ0v) is 11.8. The van der Waals surface area contributed by atoms with Gasteiger partial charge in [-0.1, -0.05) is 26.7 Å². The second kappa shape index (κ2) is 7.62. The summed E-state index contributed by atoms with van der Waals surface area (Å²) in [7, 11) is 0. The van der Waals surface area contributed by atoms with Crippen molar-refractivity contribution in [3.8, 4) is 0 Å². The first-order valence-electron chi connectivity index (χ1n) is 6.83. The van der Waals surface area contributed by atoms with E-state index in [-0.39, 0.29) is 11.8 Å². The molecule has 0 radical (unpaired) electrons. The molecular weight excluding hydrogens is 261 g/mol. The van der Waals surface area contributed by atoms with Crippen molar-refractivity contribution in [2.75, 3.05) is 5.32 Å². The topological polar surface area (TPSA) is 66.4 Å². The van der Waals surface area contributed by atoms with Crippen LogP contribution in [0, 0.1) is 11.7 Å². The molecule has 0 fully saturated rings. The van der Waals surface area contributed by atoms with Gasteiger partial charge in [0.05, 0.1) is 5.56 Å². The second-order valence-corrected chi connectivity index (χ2v) is 4.76. The van der Waals surface area contributed by atoms with Crippen LogP contribution in [0.5, 0.6) is 0 Å². The van der Waals surface area contributed by atoms with E-state index in [0.29, 0.717) is 5.69 Å². The van der Waals surface area contributed by atoms with Gasteiger partial charge in [-0.2, -0.15) is 0 Å². The SMILES string of the molecule is CCCC(CCC)C(=O)Nc1ccc(F)c(C(=O)O)c1. The number of carbonyl (C=O) groups is 2. The molecule has 2 N–H and O–H groups in total. The predicted molar refractivity (Wildman–Crippen MR) is 75.3 cm³/mol. The summed E-state index contributed by atoms with van der Waals surface area (Å²) in [6, 6.07) is 3.56. The van der Waals surface area contributed by atoms with E-state index in [1.807, 2.05) is 13.8 Å². The van der Waals surface area contributed by atoms with E-state index >= 15 is 0 Å². The minimum Gasteiger partial charge on any atom is -0.478 e. The molecule has 4 nitrogen and oxygen atoms in total. The Morgan fingerprint density at radius 1 is 1.25 bits per heavy atom. The largest absolute Gasteiger partial charge is 0.478 e. The number of carbonyl (C=O) groups excluding carboxylic acids is 1. The molecule has 110 valence electrons. The first kappa shape index (κ1) is 16.1. The number of rotatable bonds is 7. The molecular formula is C15H20FNO3. The van der Waals surface area contributed by atoms with Gasteiger partial charge >= 0.3 is 5.97 Å². The molecule has 0 aliphatic heterocycles.